The van der Waals surface area contributed by atoms with Crippen molar-refractivity contribution in [2.24, 2.45) is 5.73 Å². The van der Waals surface area contributed by atoms with Gasteiger partial charge in [-0.15, -0.1) is 0 Å². The molecule has 1 amide bonds. The maximum Gasteiger partial charge on any atom is 0.225 e. The Labute approximate surface area is 86.4 Å². The summed E-state index contributed by atoms with van der Waals surface area (Å²) in [6.45, 7) is 6.01. The zero-order valence-electron chi connectivity index (χ0n) is 9.45. The SMILES string of the molecule is CCCN(CC)C(=O)CC(CN)OC. The molecular weight excluding hydrogens is 180 g/mol. The van der Waals surface area contributed by atoms with E-state index in [2.05, 4.69) is 6.92 Å². The lowest BCUT2D eigenvalue weighted by molar-refractivity contribution is -0.133. The molecule has 0 radical (unpaired) electrons. The first-order valence-corrected chi connectivity index (χ1v) is 5.20. The van der Waals surface area contributed by atoms with Crippen molar-refractivity contribution in [2.75, 3.05) is 26.7 Å². The van der Waals surface area contributed by atoms with Crippen LogP contribution in [0.1, 0.15) is 26.7 Å². The molecule has 1 unspecified atom stereocenters. The average molecular weight is 202 g/mol. The molecule has 0 aliphatic rings. The van der Waals surface area contributed by atoms with E-state index in [9.17, 15) is 4.79 Å². The van der Waals surface area contributed by atoms with Gasteiger partial charge < -0.3 is 15.4 Å². The largest absolute Gasteiger partial charge is 0.380 e. The lowest BCUT2D eigenvalue weighted by atomic mass is 10.2. The Bertz CT molecular complexity index is 158. The maximum absolute atomic E-state index is 11.7. The van der Waals surface area contributed by atoms with Crippen LogP contribution >= 0.6 is 0 Å². The van der Waals surface area contributed by atoms with Gasteiger partial charge in [0.15, 0.2) is 0 Å². The Morgan fingerprint density at radius 2 is 2.14 bits per heavy atom. The fraction of sp³-hybridized carbons (Fsp3) is 0.900. The topological polar surface area (TPSA) is 55.6 Å². The van der Waals surface area contributed by atoms with Crippen molar-refractivity contribution in [1.82, 2.24) is 4.90 Å². The Morgan fingerprint density at radius 1 is 1.50 bits per heavy atom. The average Bonchev–Trinajstić information content (AvgIpc) is 2.22. The molecule has 1 atom stereocenters. The molecule has 84 valence electrons. The molecule has 0 spiro atoms. The highest BCUT2D eigenvalue weighted by atomic mass is 16.5. The minimum absolute atomic E-state index is 0.131. The van der Waals surface area contributed by atoms with Crippen LogP contribution in [0.4, 0.5) is 0 Å². The van der Waals surface area contributed by atoms with Crippen molar-refractivity contribution in [2.45, 2.75) is 32.8 Å². The third kappa shape index (κ3) is 4.58. The van der Waals surface area contributed by atoms with Gasteiger partial charge in [-0.1, -0.05) is 6.92 Å². The molecule has 0 saturated heterocycles. The fourth-order valence-electron chi connectivity index (χ4n) is 1.32. The molecule has 0 fully saturated rings. The summed E-state index contributed by atoms with van der Waals surface area (Å²) in [7, 11) is 1.58. The van der Waals surface area contributed by atoms with Gasteiger partial charge in [0, 0.05) is 26.7 Å². The van der Waals surface area contributed by atoms with Crippen LogP contribution in [-0.2, 0) is 9.53 Å². The molecule has 0 aromatic carbocycles. The number of nitrogens with two attached hydrogens (primary N) is 1. The Balaban J connectivity index is 4.01. The van der Waals surface area contributed by atoms with Crippen LogP contribution in [0.5, 0.6) is 0 Å². The standard InChI is InChI=1S/C10H22N2O2/c1-4-6-12(5-2)10(13)7-9(8-11)14-3/h9H,4-8,11H2,1-3H3. The van der Waals surface area contributed by atoms with Crippen LogP contribution < -0.4 is 5.73 Å². The number of ether oxygens (including phenoxy) is 1. The molecule has 4 nitrogen and oxygen atoms in total. The number of carbonyl (C=O) groups is 1. The predicted molar refractivity (Wildman–Crippen MR) is 57.0 cm³/mol. The summed E-state index contributed by atoms with van der Waals surface area (Å²) >= 11 is 0. The summed E-state index contributed by atoms with van der Waals surface area (Å²) in [5, 5.41) is 0. The number of hydrogen-bond acceptors (Lipinski definition) is 3. The molecule has 0 bridgehead atoms. The van der Waals surface area contributed by atoms with Crippen molar-refractivity contribution in [3.05, 3.63) is 0 Å². The number of hydrogen-bond donors (Lipinski definition) is 1. The molecule has 2 N–H and O–H groups in total. The van der Waals surface area contributed by atoms with Gasteiger partial charge in [-0.25, -0.2) is 0 Å². The van der Waals surface area contributed by atoms with E-state index in [1.165, 1.54) is 0 Å². The minimum atomic E-state index is -0.145. The zero-order chi connectivity index (χ0) is 11.0. The number of rotatable bonds is 7. The molecule has 0 aromatic rings. The zero-order valence-corrected chi connectivity index (χ0v) is 9.45. The molecule has 0 aromatic heterocycles. The molecule has 0 aliphatic carbocycles. The summed E-state index contributed by atoms with van der Waals surface area (Å²) < 4.78 is 5.07. The summed E-state index contributed by atoms with van der Waals surface area (Å²) in [6.07, 6.45) is 1.23. The maximum atomic E-state index is 11.7. The van der Waals surface area contributed by atoms with Gasteiger partial charge in [-0.05, 0) is 13.3 Å². The van der Waals surface area contributed by atoms with Crippen molar-refractivity contribution in [3.63, 3.8) is 0 Å². The number of nitrogens with zero attached hydrogens (tertiary/aromatic N) is 1. The molecule has 0 heterocycles. The van der Waals surface area contributed by atoms with E-state index in [4.69, 9.17) is 10.5 Å². The first kappa shape index (κ1) is 13.4. The molecule has 0 rings (SSSR count). The second-order valence-corrected chi connectivity index (χ2v) is 3.27. The Kier molecular flexibility index (Phi) is 7.42. The molecule has 0 saturated carbocycles. The first-order valence-electron chi connectivity index (χ1n) is 5.20. The highest BCUT2D eigenvalue weighted by Crippen LogP contribution is 2.01. The van der Waals surface area contributed by atoms with Crippen LogP contribution in [0.3, 0.4) is 0 Å². The summed E-state index contributed by atoms with van der Waals surface area (Å²) in [5.74, 6) is 0.131. The van der Waals surface area contributed by atoms with E-state index in [1.807, 2.05) is 11.8 Å². The van der Waals surface area contributed by atoms with E-state index < -0.39 is 0 Å². The molecule has 4 heteroatoms. The van der Waals surface area contributed by atoms with Gasteiger partial charge in [0.25, 0.3) is 0 Å². The van der Waals surface area contributed by atoms with E-state index >= 15 is 0 Å². The van der Waals surface area contributed by atoms with Crippen LogP contribution in [0, 0.1) is 0 Å². The summed E-state index contributed by atoms with van der Waals surface area (Å²) in [5.41, 5.74) is 5.45. The van der Waals surface area contributed by atoms with Gasteiger partial charge in [-0.2, -0.15) is 0 Å². The van der Waals surface area contributed by atoms with E-state index in [-0.39, 0.29) is 12.0 Å². The van der Waals surface area contributed by atoms with E-state index in [0.29, 0.717) is 13.0 Å². The van der Waals surface area contributed by atoms with Crippen molar-refractivity contribution < 1.29 is 9.53 Å². The van der Waals surface area contributed by atoms with Gasteiger partial charge in [0.05, 0.1) is 12.5 Å². The first-order chi connectivity index (χ1) is 6.69. The smallest absolute Gasteiger partial charge is 0.225 e. The van der Waals surface area contributed by atoms with Crippen LogP contribution in [0.25, 0.3) is 0 Å². The third-order valence-electron chi connectivity index (χ3n) is 2.23. The Hall–Kier alpha value is -0.610. The third-order valence-corrected chi connectivity index (χ3v) is 2.23. The highest BCUT2D eigenvalue weighted by molar-refractivity contribution is 5.76. The quantitative estimate of drug-likeness (QED) is 0.658. The lowest BCUT2D eigenvalue weighted by Gasteiger charge is -2.22. The lowest BCUT2D eigenvalue weighted by Crippen LogP contribution is -2.36. The number of methoxy groups -OCH3 is 1. The normalized spacial score (nSPS) is 12.6. The number of amides is 1. The van der Waals surface area contributed by atoms with E-state index in [0.717, 1.165) is 19.5 Å². The molecular formula is C10H22N2O2. The Morgan fingerprint density at radius 3 is 2.50 bits per heavy atom. The number of carbonyl (C=O) groups excluding carboxylic acids is 1. The van der Waals surface area contributed by atoms with Crippen molar-refractivity contribution in [3.8, 4) is 0 Å². The van der Waals surface area contributed by atoms with Crippen LogP contribution in [-0.4, -0.2) is 43.7 Å². The monoisotopic (exact) mass is 202 g/mol. The minimum Gasteiger partial charge on any atom is -0.380 e. The van der Waals surface area contributed by atoms with Gasteiger partial charge >= 0.3 is 0 Å². The van der Waals surface area contributed by atoms with Crippen LogP contribution in [0.15, 0.2) is 0 Å². The van der Waals surface area contributed by atoms with Crippen LogP contribution in [0.2, 0.25) is 0 Å². The summed E-state index contributed by atoms with van der Waals surface area (Å²) in [6, 6.07) is 0. The fourth-order valence-corrected chi connectivity index (χ4v) is 1.32. The molecule has 0 aliphatic heterocycles. The van der Waals surface area contributed by atoms with Gasteiger partial charge in [-0.3, -0.25) is 4.79 Å². The second-order valence-electron chi connectivity index (χ2n) is 3.27. The second kappa shape index (κ2) is 7.76. The van der Waals surface area contributed by atoms with Gasteiger partial charge in [0.2, 0.25) is 5.91 Å². The van der Waals surface area contributed by atoms with E-state index in [1.54, 1.807) is 7.11 Å². The van der Waals surface area contributed by atoms with Crippen molar-refractivity contribution in [1.29, 1.82) is 0 Å². The molecule has 14 heavy (non-hydrogen) atoms. The summed E-state index contributed by atoms with van der Waals surface area (Å²) in [4.78, 5) is 13.5. The highest BCUT2D eigenvalue weighted by Gasteiger charge is 2.15. The van der Waals surface area contributed by atoms with Gasteiger partial charge in [0.1, 0.15) is 0 Å². The van der Waals surface area contributed by atoms with Crippen molar-refractivity contribution >= 4 is 5.91 Å². The predicted octanol–water partition coefficient (Wildman–Crippen LogP) is 0.609.